The van der Waals surface area contributed by atoms with E-state index in [4.69, 9.17) is 26.3 Å². The van der Waals surface area contributed by atoms with Crippen molar-refractivity contribution in [1.29, 1.82) is 0 Å². The number of hydrogen-bond donors (Lipinski definition) is 1. The highest BCUT2D eigenvalue weighted by Gasteiger charge is 2.20. The van der Waals surface area contributed by atoms with Crippen LogP contribution in [0, 0.1) is 0 Å². The zero-order valence-electron chi connectivity index (χ0n) is 15.4. The normalized spacial score (nSPS) is 14.9. The Morgan fingerprint density at radius 1 is 1.04 bits per heavy atom. The van der Waals surface area contributed by atoms with E-state index in [9.17, 15) is 5.11 Å². The molecule has 6 nitrogen and oxygen atoms in total. The predicted octanol–water partition coefficient (Wildman–Crippen LogP) is 3.98. The molecule has 0 radical (unpaired) electrons. The van der Waals surface area contributed by atoms with Crippen LogP contribution < -0.4 is 4.90 Å². The maximum atomic E-state index is 9.96. The van der Waals surface area contributed by atoms with E-state index in [2.05, 4.69) is 27.7 Å². The molecular formula is C21H19ClN4O2. The first-order valence-electron chi connectivity index (χ1n) is 9.19. The van der Waals surface area contributed by atoms with Crippen LogP contribution in [0.25, 0.3) is 33.2 Å². The molecule has 0 bridgehead atoms. The van der Waals surface area contributed by atoms with Gasteiger partial charge in [-0.25, -0.2) is 9.97 Å². The van der Waals surface area contributed by atoms with Crippen LogP contribution in [0.15, 0.2) is 42.6 Å². The van der Waals surface area contributed by atoms with Crippen molar-refractivity contribution in [1.82, 2.24) is 14.5 Å². The number of rotatable bonds is 2. The summed E-state index contributed by atoms with van der Waals surface area (Å²) in [7, 11) is 2.02. The number of anilines is 1. The number of morpholine rings is 1. The SMILES string of the molecule is Cn1ccc2c3nc(-c4cc(O)ccc4Cl)nc(N4CCOCC4)c3ccc21. The number of aromatic hydroxyl groups is 1. The van der Waals surface area contributed by atoms with Crippen LogP contribution in [0.1, 0.15) is 0 Å². The highest BCUT2D eigenvalue weighted by atomic mass is 35.5. The average molecular weight is 395 g/mol. The largest absolute Gasteiger partial charge is 0.508 e. The van der Waals surface area contributed by atoms with Gasteiger partial charge < -0.3 is 19.3 Å². The summed E-state index contributed by atoms with van der Waals surface area (Å²) in [5.41, 5.74) is 2.60. The van der Waals surface area contributed by atoms with Gasteiger partial charge in [0.25, 0.3) is 0 Å². The van der Waals surface area contributed by atoms with Crippen molar-refractivity contribution in [2.45, 2.75) is 0 Å². The molecule has 0 amide bonds. The standard InChI is InChI=1S/C21H19ClN4O2/c1-25-7-6-14-18(25)5-3-15-19(14)23-20(16-12-13(27)2-4-17(16)22)24-21(15)26-8-10-28-11-9-26/h2-7,12,27H,8-11H2,1H3. The minimum Gasteiger partial charge on any atom is -0.508 e. The molecule has 1 fully saturated rings. The third-order valence-corrected chi connectivity index (χ3v) is 5.54. The number of phenolic OH excluding ortho intramolecular Hbond substituents is 1. The molecule has 7 heteroatoms. The van der Waals surface area contributed by atoms with E-state index in [0.29, 0.717) is 29.6 Å². The highest BCUT2D eigenvalue weighted by molar-refractivity contribution is 6.33. The van der Waals surface area contributed by atoms with Gasteiger partial charge in [0.15, 0.2) is 5.82 Å². The van der Waals surface area contributed by atoms with Gasteiger partial charge >= 0.3 is 0 Å². The average Bonchev–Trinajstić information content (AvgIpc) is 3.11. The molecule has 0 aliphatic carbocycles. The molecule has 1 saturated heterocycles. The number of fused-ring (bicyclic) bond motifs is 3. The summed E-state index contributed by atoms with van der Waals surface area (Å²) in [6.45, 7) is 2.88. The van der Waals surface area contributed by atoms with Crippen molar-refractivity contribution in [3.63, 3.8) is 0 Å². The Balaban J connectivity index is 1.83. The van der Waals surface area contributed by atoms with E-state index in [1.54, 1.807) is 18.2 Å². The van der Waals surface area contributed by atoms with Gasteiger partial charge in [-0.15, -0.1) is 0 Å². The second kappa shape index (κ2) is 6.65. The van der Waals surface area contributed by atoms with E-state index in [0.717, 1.165) is 40.7 Å². The van der Waals surface area contributed by atoms with Gasteiger partial charge in [0.1, 0.15) is 11.6 Å². The number of nitrogens with zero attached hydrogens (tertiary/aromatic N) is 4. The van der Waals surface area contributed by atoms with Gasteiger partial charge in [-0.3, -0.25) is 0 Å². The van der Waals surface area contributed by atoms with E-state index in [1.165, 1.54) is 0 Å². The van der Waals surface area contributed by atoms with Crippen molar-refractivity contribution in [2.24, 2.45) is 7.05 Å². The molecule has 5 rings (SSSR count). The van der Waals surface area contributed by atoms with Crippen LogP contribution in [0.2, 0.25) is 5.02 Å². The lowest BCUT2D eigenvalue weighted by atomic mass is 10.1. The van der Waals surface area contributed by atoms with Gasteiger partial charge in [0, 0.05) is 48.2 Å². The Morgan fingerprint density at radius 2 is 1.86 bits per heavy atom. The maximum absolute atomic E-state index is 9.96. The number of halogens is 1. The molecule has 0 spiro atoms. The fourth-order valence-electron chi connectivity index (χ4n) is 3.75. The fraction of sp³-hybridized carbons (Fsp3) is 0.238. The quantitative estimate of drug-likeness (QED) is 0.557. The third kappa shape index (κ3) is 2.77. The van der Waals surface area contributed by atoms with Crippen LogP contribution in [-0.2, 0) is 11.8 Å². The highest BCUT2D eigenvalue weighted by Crippen LogP contribution is 2.35. The molecule has 2 aromatic heterocycles. The Hall–Kier alpha value is -2.83. The predicted molar refractivity (Wildman–Crippen MR) is 111 cm³/mol. The van der Waals surface area contributed by atoms with Crippen molar-refractivity contribution in [3.8, 4) is 17.1 Å². The van der Waals surface area contributed by atoms with E-state index >= 15 is 0 Å². The first-order valence-corrected chi connectivity index (χ1v) is 9.57. The first kappa shape index (κ1) is 17.3. The molecular weight excluding hydrogens is 376 g/mol. The van der Waals surface area contributed by atoms with Crippen LogP contribution >= 0.6 is 11.6 Å². The topological polar surface area (TPSA) is 63.4 Å². The molecule has 1 aliphatic rings. The Kier molecular flexibility index (Phi) is 4.10. The summed E-state index contributed by atoms with van der Waals surface area (Å²) >= 11 is 6.41. The number of aromatic nitrogens is 3. The summed E-state index contributed by atoms with van der Waals surface area (Å²) in [5.74, 6) is 1.51. The Bertz CT molecular complexity index is 1200. The summed E-state index contributed by atoms with van der Waals surface area (Å²) in [6.07, 6.45) is 2.03. The van der Waals surface area contributed by atoms with Crippen LogP contribution in [0.4, 0.5) is 5.82 Å². The minimum absolute atomic E-state index is 0.133. The second-order valence-corrected chi connectivity index (χ2v) is 7.36. The van der Waals surface area contributed by atoms with Crippen molar-refractivity contribution in [3.05, 3.63) is 47.6 Å². The van der Waals surface area contributed by atoms with Gasteiger partial charge in [0.05, 0.1) is 23.8 Å². The maximum Gasteiger partial charge on any atom is 0.163 e. The Labute approximate surface area is 167 Å². The monoisotopic (exact) mass is 394 g/mol. The summed E-state index contributed by atoms with van der Waals surface area (Å²) in [6, 6.07) is 11.1. The molecule has 142 valence electrons. The molecule has 1 N–H and O–H groups in total. The van der Waals surface area contributed by atoms with Crippen molar-refractivity contribution >= 4 is 39.2 Å². The lowest BCUT2D eigenvalue weighted by molar-refractivity contribution is 0.122. The summed E-state index contributed by atoms with van der Waals surface area (Å²) in [4.78, 5) is 12.0. The molecule has 28 heavy (non-hydrogen) atoms. The lowest BCUT2D eigenvalue weighted by Crippen LogP contribution is -2.37. The van der Waals surface area contributed by atoms with Gasteiger partial charge in [0.2, 0.25) is 0 Å². The number of hydrogen-bond acceptors (Lipinski definition) is 5. The van der Waals surface area contributed by atoms with E-state index in [-0.39, 0.29) is 5.75 Å². The zero-order chi connectivity index (χ0) is 19.3. The number of aryl methyl sites for hydroxylation is 1. The van der Waals surface area contributed by atoms with Crippen LogP contribution in [-0.4, -0.2) is 45.9 Å². The lowest BCUT2D eigenvalue weighted by Gasteiger charge is -2.29. The van der Waals surface area contributed by atoms with Crippen LogP contribution in [0.3, 0.4) is 0 Å². The second-order valence-electron chi connectivity index (χ2n) is 6.96. The molecule has 3 heterocycles. The van der Waals surface area contributed by atoms with E-state index < -0.39 is 0 Å². The third-order valence-electron chi connectivity index (χ3n) is 5.21. The minimum atomic E-state index is 0.133. The Morgan fingerprint density at radius 3 is 2.68 bits per heavy atom. The molecule has 4 aromatic rings. The van der Waals surface area contributed by atoms with Crippen LogP contribution in [0.5, 0.6) is 5.75 Å². The molecule has 2 aromatic carbocycles. The summed E-state index contributed by atoms with van der Waals surface area (Å²) in [5, 5.41) is 12.5. The van der Waals surface area contributed by atoms with Crippen molar-refractivity contribution in [2.75, 3.05) is 31.2 Å². The van der Waals surface area contributed by atoms with Crippen molar-refractivity contribution < 1.29 is 9.84 Å². The number of ether oxygens (including phenoxy) is 1. The van der Waals surface area contributed by atoms with Gasteiger partial charge in [-0.2, -0.15) is 0 Å². The zero-order valence-corrected chi connectivity index (χ0v) is 16.1. The molecule has 0 atom stereocenters. The van der Waals surface area contributed by atoms with Gasteiger partial charge in [-0.05, 0) is 36.4 Å². The molecule has 1 aliphatic heterocycles. The smallest absolute Gasteiger partial charge is 0.163 e. The summed E-state index contributed by atoms with van der Waals surface area (Å²) < 4.78 is 7.59. The molecule has 0 unspecified atom stereocenters. The number of phenols is 1. The first-order chi connectivity index (χ1) is 13.6. The molecule has 0 saturated carbocycles. The van der Waals surface area contributed by atoms with Gasteiger partial charge in [-0.1, -0.05) is 11.6 Å². The fourth-order valence-corrected chi connectivity index (χ4v) is 3.95. The van der Waals surface area contributed by atoms with E-state index in [1.807, 2.05) is 13.2 Å². The number of benzene rings is 2.